The number of phenolic OH excluding ortho intramolecular Hbond substituents is 2. The molecule has 0 saturated heterocycles. The van der Waals surface area contributed by atoms with E-state index in [-0.39, 0.29) is 60.2 Å². The van der Waals surface area contributed by atoms with Crippen molar-refractivity contribution >= 4 is 63.3 Å². The molecule has 0 aliphatic heterocycles. The summed E-state index contributed by atoms with van der Waals surface area (Å²) in [4.78, 5) is 0.00582. The van der Waals surface area contributed by atoms with Gasteiger partial charge in [-0.15, -0.1) is 0 Å². The fraction of sp³-hybridized carbons (Fsp3) is 0.422. The van der Waals surface area contributed by atoms with E-state index in [0.717, 1.165) is 67.6 Å². The van der Waals surface area contributed by atoms with Crippen molar-refractivity contribution in [3.8, 4) is 45.1 Å². The molecule has 8 nitrogen and oxygen atoms in total. The van der Waals surface area contributed by atoms with E-state index in [1.54, 1.807) is 48.5 Å². The number of aromatic nitrogens is 2. The molecule has 0 aliphatic carbocycles. The Hall–Kier alpha value is -7.14. The van der Waals surface area contributed by atoms with Gasteiger partial charge >= 0.3 is 0 Å². The maximum atomic E-state index is 15.2. The van der Waals surface area contributed by atoms with Gasteiger partial charge in [0, 0.05) is 43.8 Å². The molecule has 10 rings (SSSR count). The normalized spacial score (nSPS) is 13.7. The standard InChI is InChI=1S/C83H102N2O6S2/c1-76(2,3)50-82(19,20)56-46-64(74(86)70(48-56)84-66-36-32-52(78(7,8)9)42-60(66)61-43-53(79(10,11)12)33-37-67(61)84)58-28-23-25-30-72(58)92(88,89)40-27-41-93(90,91)73-31-26-24-29-59(73)65-47-57(83(21,22)51-77(4,5)6)49-71(75(65)87)85-68-38-34-54(80(13,14)15)44-62(68)63-45-55(81(16,17)18)35-39-69(63)85/h23-26,28-39,42-49,86-87H,27,40-41,50-51H2,1-22H3. The summed E-state index contributed by atoms with van der Waals surface area (Å²) in [5.41, 5.74) is 11.2. The lowest BCUT2D eigenvalue weighted by atomic mass is 9.71. The number of rotatable bonds is 14. The number of benzene rings is 8. The van der Waals surface area contributed by atoms with Crippen LogP contribution < -0.4 is 0 Å². The van der Waals surface area contributed by atoms with Crippen LogP contribution in [0.25, 0.3) is 77.2 Å². The Morgan fingerprint density at radius 1 is 0.323 bits per heavy atom. The molecular weight excluding hydrogens is 1190 g/mol. The Kier molecular flexibility index (Phi) is 17.3. The number of phenols is 2. The van der Waals surface area contributed by atoms with Gasteiger partial charge in [0.2, 0.25) is 0 Å². The van der Waals surface area contributed by atoms with E-state index >= 15 is 16.8 Å². The van der Waals surface area contributed by atoms with Gasteiger partial charge in [0.25, 0.3) is 0 Å². The molecule has 0 saturated carbocycles. The van der Waals surface area contributed by atoms with E-state index < -0.39 is 42.0 Å². The summed E-state index contributed by atoms with van der Waals surface area (Å²) in [6.45, 7) is 48.7. The zero-order valence-corrected chi connectivity index (χ0v) is 61.3. The Balaban J connectivity index is 1.07. The highest BCUT2D eigenvalue weighted by atomic mass is 32.2. The second-order valence-electron chi connectivity index (χ2n) is 34.6. The third-order valence-electron chi connectivity index (χ3n) is 19.0. The second kappa shape index (κ2) is 23.4. The first-order chi connectivity index (χ1) is 42.7. The summed E-state index contributed by atoms with van der Waals surface area (Å²) in [5.74, 6) is -1.10. The molecule has 2 N–H and O–H groups in total. The van der Waals surface area contributed by atoms with Crippen molar-refractivity contribution in [3.63, 3.8) is 0 Å². The largest absolute Gasteiger partial charge is 0.505 e. The average Bonchev–Trinajstić information content (AvgIpc) is 1.63. The predicted octanol–water partition coefficient (Wildman–Crippen LogP) is 21.9. The van der Waals surface area contributed by atoms with E-state index in [1.807, 2.05) is 12.1 Å². The minimum absolute atomic E-state index is 0.00291. The minimum Gasteiger partial charge on any atom is -0.505 e. The molecule has 2 aromatic heterocycles. The van der Waals surface area contributed by atoms with Gasteiger partial charge in [-0.05, 0) is 181 Å². The zero-order chi connectivity index (χ0) is 68.5. The monoisotopic (exact) mass is 1290 g/mol. The minimum atomic E-state index is -4.23. The molecule has 0 amide bonds. The Morgan fingerprint density at radius 3 is 0.849 bits per heavy atom. The van der Waals surface area contributed by atoms with Crippen molar-refractivity contribution in [2.24, 2.45) is 10.8 Å². The lowest BCUT2D eigenvalue weighted by molar-refractivity contribution is 0.283. The first kappa shape index (κ1) is 68.7. The van der Waals surface area contributed by atoms with Gasteiger partial charge in [0.1, 0.15) is 11.5 Å². The quantitative estimate of drug-likeness (QED) is 0.112. The van der Waals surface area contributed by atoms with Crippen LogP contribution in [0.4, 0.5) is 0 Å². The molecule has 0 bridgehead atoms. The van der Waals surface area contributed by atoms with Gasteiger partial charge in [-0.2, -0.15) is 0 Å². The molecule has 0 atom stereocenters. The van der Waals surface area contributed by atoms with Gasteiger partial charge < -0.3 is 19.3 Å². The van der Waals surface area contributed by atoms with Crippen LogP contribution in [0.1, 0.15) is 205 Å². The van der Waals surface area contributed by atoms with E-state index in [9.17, 15) is 10.2 Å². The molecule has 93 heavy (non-hydrogen) atoms. The van der Waals surface area contributed by atoms with E-state index in [4.69, 9.17) is 0 Å². The van der Waals surface area contributed by atoms with Crippen molar-refractivity contribution in [2.75, 3.05) is 11.5 Å². The molecule has 0 spiro atoms. The average molecular weight is 1290 g/mol. The van der Waals surface area contributed by atoms with Gasteiger partial charge in [-0.3, -0.25) is 0 Å². The lowest BCUT2D eigenvalue weighted by Crippen LogP contribution is -2.25. The summed E-state index contributed by atoms with van der Waals surface area (Å²) < 4.78 is 65.2. The third-order valence-corrected chi connectivity index (χ3v) is 22.7. The molecule has 10 aromatic rings. The van der Waals surface area contributed by atoms with Crippen molar-refractivity contribution in [1.82, 2.24) is 9.13 Å². The molecule has 0 fully saturated rings. The maximum Gasteiger partial charge on any atom is 0.179 e. The summed E-state index contributed by atoms with van der Waals surface area (Å²) in [7, 11) is -8.46. The van der Waals surface area contributed by atoms with Gasteiger partial charge in [0.15, 0.2) is 19.7 Å². The highest BCUT2D eigenvalue weighted by Gasteiger charge is 2.35. The maximum absolute atomic E-state index is 15.2. The summed E-state index contributed by atoms with van der Waals surface area (Å²) in [5, 5.41) is 30.4. The van der Waals surface area contributed by atoms with Crippen LogP contribution in [0, 0.1) is 10.8 Å². The van der Waals surface area contributed by atoms with E-state index in [0.29, 0.717) is 33.6 Å². The summed E-state index contributed by atoms with van der Waals surface area (Å²) in [6.07, 6.45) is 1.36. The Morgan fingerprint density at radius 2 is 0.591 bits per heavy atom. The van der Waals surface area contributed by atoms with Gasteiger partial charge in [-0.25, -0.2) is 16.8 Å². The van der Waals surface area contributed by atoms with Crippen molar-refractivity contribution in [1.29, 1.82) is 0 Å². The molecular formula is C83H102N2O6S2. The number of fused-ring (bicyclic) bond motifs is 6. The fourth-order valence-electron chi connectivity index (χ4n) is 14.6. The highest BCUT2D eigenvalue weighted by molar-refractivity contribution is 7.92. The highest BCUT2D eigenvalue weighted by Crippen LogP contribution is 2.50. The molecule has 8 aromatic carbocycles. The van der Waals surface area contributed by atoms with Crippen LogP contribution in [-0.4, -0.2) is 47.7 Å². The van der Waals surface area contributed by atoms with Crippen molar-refractivity contribution in [3.05, 3.63) is 179 Å². The fourth-order valence-corrected chi connectivity index (χ4v) is 17.9. The number of aromatic hydroxyl groups is 2. The Labute approximate surface area is 556 Å². The first-order valence-corrected chi connectivity index (χ1v) is 36.6. The molecule has 2 heterocycles. The van der Waals surface area contributed by atoms with Gasteiger partial charge in [0.05, 0.1) is 54.7 Å². The number of hydrogen-bond donors (Lipinski definition) is 2. The number of sulfone groups is 2. The van der Waals surface area contributed by atoms with E-state index in [1.165, 1.54) is 22.3 Å². The zero-order valence-electron chi connectivity index (χ0n) is 59.6. The summed E-state index contributed by atoms with van der Waals surface area (Å²) >= 11 is 0. The van der Waals surface area contributed by atoms with Crippen LogP contribution >= 0.6 is 0 Å². The van der Waals surface area contributed by atoms with Crippen LogP contribution in [-0.2, 0) is 52.2 Å². The van der Waals surface area contributed by atoms with Crippen LogP contribution in [0.5, 0.6) is 11.5 Å². The first-order valence-electron chi connectivity index (χ1n) is 33.3. The summed E-state index contributed by atoms with van der Waals surface area (Å²) in [6, 6.07) is 48.0. The van der Waals surface area contributed by atoms with Crippen LogP contribution in [0.15, 0.2) is 155 Å². The molecule has 10 heteroatoms. The van der Waals surface area contributed by atoms with E-state index in [2.05, 4.69) is 246 Å². The molecule has 0 radical (unpaired) electrons. The Bertz CT molecular complexity index is 4370. The molecule has 0 aliphatic rings. The van der Waals surface area contributed by atoms with Crippen molar-refractivity contribution in [2.45, 2.75) is 214 Å². The third kappa shape index (κ3) is 13.6. The lowest BCUT2D eigenvalue weighted by Gasteiger charge is -2.34. The van der Waals surface area contributed by atoms with Crippen LogP contribution in [0.3, 0.4) is 0 Å². The number of hydrogen-bond acceptors (Lipinski definition) is 6. The molecule has 0 unspecified atom stereocenters. The predicted molar refractivity (Wildman–Crippen MR) is 393 cm³/mol. The number of nitrogens with zero attached hydrogens (tertiary/aromatic N) is 2. The van der Waals surface area contributed by atoms with Crippen LogP contribution in [0.2, 0.25) is 0 Å². The smallest absolute Gasteiger partial charge is 0.179 e. The van der Waals surface area contributed by atoms with Crippen molar-refractivity contribution < 1.29 is 27.0 Å². The van der Waals surface area contributed by atoms with Gasteiger partial charge in [-0.1, -0.05) is 213 Å². The SMILES string of the molecule is CC(C)(C)CC(C)(C)c1cc(-c2ccccc2S(=O)(=O)CCCS(=O)(=O)c2ccccc2-c2cc(C(C)(C)CC(C)(C)C)cc(-n3c4ccc(C(C)(C)C)cc4c4cc(C(C)(C)C)ccc43)c2O)c(O)c(-n2c3ccc(C(C)(C)C)cc3c3cc(C(C)(C)C)ccc32)c1. The second-order valence-corrected chi connectivity index (χ2v) is 38.8. The topological polar surface area (TPSA) is 119 Å². The molecule has 492 valence electrons.